The molecule has 1 aliphatic heterocycles. The molecule has 0 saturated carbocycles. The third-order valence-corrected chi connectivity index (χ3v) is 7.67. The van der Waals surface area contributed by atoms with Crippen LogP contribution in [0.3, 0.4) is 0 Å². The van der Waals surface area contributed by atoms with E-state index in [2.05, 4.69) is 9.97 Å². The predicted molar refractivity (Wildman–Crippen MR) is 148 cm³/mol. The molecule has 4 aromatic rings. The number of halogens is 5. The second-order valence-corrected chi connectivity index (χ2v) is 10.6. The minimum absolute atomic E-state index is 0.0339. The molecule has 45 heavy (non-hydrogen) atoms. The topological polar surface area (TPSA) is 157 Å². The fraction of sp³-hybridized carbons (Fsp3) is 0.267. The first-order chi connectivity index (χ1) is 21.1. The molecule has 2 aromatic carbocycles. The standard InChI is InChI=1S/C30H25F5N4O6/c1-28(27(36)42)13-45-25-18(28)10-22(39-24(25)14-3-5-17(31)6-4-14)29(43,30(33,34)35)12-37-26(41)16-7-15-8-19(32)20(11-40)38-23(15)21(9-16)44-2/h3-10,40,43H,11-13H2,1-2H3,(H2,36,42)(H,37,41)/t28-,29?/m0/s1. The van der Waals surface area contributed by atoms with Crippen LogP contribution < -0.4 is 20.5 Å². The van der Waals surface area contributed by atoms with Crippen LogP contribution in [0.25, 0.3) is 22.2 Å². The van der Waals surface area contributed by atoms with Crippen molar-refractivity contribution in [3.05, 3.63) is 82.7 Å². The molecule has 0 spiro atoms. The third-order valence-electron chi connectivity index (χ3n) is 7.67. The van der Waals surface area contributed by atoms with Gasteiger partial charge in [0.2, 0.25) is 11.5 Å². The number of carbonyl (C=O) groups excluding carboxylic acids is 2. The number of pyridine rings is 2. The highest BCUT2D eigenvalue weighted by atomic mass is 19.4. The number of hydrogen-bond acceptors (Lipinski definition) is 8. The van der Waals surface area contributed by atoms with Gasteiger partial charge in [-0.25, -0.2) is 18.7 Å². The van der Waals surface area contributed by atoms with Gasteiger partial charge in [-0.1, -0.05) is 0 Å². The zero-order valence-corrected chi connectivity index (χ0v) is 23.6. The summed E-state index contributed by atoms with van der Waals surface area (Å²) < 4.78 is 82.8. The molecule has 3 heterocycles. The normalized spacial score (nSPS) is 17.4. The van der Waals surface area contributed by atoms with Gasteiger partial charge in [-0.05, 0) is 55.5 Å². The van der Waals surface area contributed by atoms with E-state index in [-0.39, 0.29) is 57.1 Å². The quantitative estimate of drug-likeness (QED) is 0.216. The summed E-state index contributed by atoms with van der Waals surface area (Å²) in [4.78, 5) is 33.5. The average Bonchev–Trinajstić information content (AvgIpc) is 3.35. The summed E-state index contributed by atoms with van der Waals surface area (Å²) in [5, 5.41) is 22.6. The number of hydrogen-bond donors (Lipinski definition) is 4. The zero-order chi connectivity index (χ0) is 32.9. The Morgan fingerprint density at radius 2 is 1.80 bits per heavy atom. The highest BCUT2D eigenvalue weighted by molar-refractivity contribution is 6.00. The minimum Gasteiger partial charge on any atom is -0.494 e. The number of methoxy groups -OCH3 is 1. The Morgan fingerprint density at radius 3 is 2.40 bits per heavy atom. The van der Waals surface area contributed by atoms with E-state index < -0.39 is 59.5 Å². The summed E-state index contributed by atoms with van der Waals surface area (Å²) in [6.45, 7) is -1.15. The molecule has 15 heteroatoms. The number of benzene rings is 2. The molecular weight excluding hydrogens is 607 g/mol. The van der Waals surface area contributed by atoms with Crippen molar-refractivity contribution in [3.63, 3.8) is 0 Å². The summed E-state index contributed by atoms with van der Waals surface area (Å²) in [5.74, 6) is -3.66. The van der Waals surface area contributed by atoms with E-state index in [1.54, 1.807) is 0 Å². The first-order valence-electron chi connectivity index (χ1n) is 13.2. The number of nitrogens with two attached hydrogens (primary N) is 1. The number of aromatic nitrogens is 2. The van der Waals surface area contributed by atoms with Crippen molar-refractivity contribution in [1.82, 2.24) is 15.3 Å². The maximum atomic E-state index is 14.7. The van der Waals surface area contributed by atoms with E-state index in [9.17, 15) is 41.8 Å². The van der Waals surface area contributed by atoms with E-state index in [1.807, 2.05) is 5.32 Å². The number of carbonyl (C=O) groups is 2. The zero-order valence-electron chi connectivity index (χ0n) is 23.6. The van der Waals surface area contributed by atoms with Gasteiger partial charge in [0.05, 0.1) is 26.0 Å². The van der Waals surface area contributed by atoms with E-state index in [4.69, 9.17) is 15.2 Å². The number of aliphatic hydroxyl groups excluding tert-OH is 1. The van der Waals surface area contributed by atoms with E-state index in [1.165, 1.54) is 26.2 Å². The number of ether oxygens (including phenoxy) is 2. The van der Waals surface area contributed by atoms with Crippen molar-refractivity contribution < 1.29 is 51.2 Å². The molecule has 5 rings (SSSR count). The Morgan fingerprint density at radius 1 is 1.11 bits per heavy atom. The summed E-state index contributed by atoms with van der Waals surface area (Å²) in [6, 6.07) is 8.64. The summed E-state index contributed by atoms with van der Waals surface area (Å²) in [5.41, 5.74) is -1.52. The monoisotopic (exact) mass is 632 g/mol. The van der Waals surface area contributed by atoms with Crippen LogP contribution in [0.15, 0.2) is 48.5 Å². The largest absolute Gasteiger partial charge is 0.494 e. The van der Waals surface area contributed by atoms with Gasteiger partial charge in [0.15, 0.2) is 0 Å². The molecule has 0 fully saturated rings. The second kappa shape index (κ2) is 11.2. The van der Waals surface area contributed by atoms with Gasteiger partial charge < -0.3 is 30.7 Å². The molecule has 0 saturated heterocycles. The highest BCUT2D eigenvalue weighted by Gasteiger charge is 2.57. The van der Waals surface area contributed by atoms with Gasteiger partial charge in [-0.15, -0.1) is 0 Å². The average molecular weight is 633 g/mol. The van der Waals surface area contributed by atoms with E-state index in [0.29, 0.717) is 0 Å². The van der Waals surface area contributed by atoms with Crippen LogP contribution in [0.1, 0.15) is 34.2 Å². The highest BCUT2D eigenvalue weighted by Crippen LogP contribution is 2.47. The fourth-order valence-electron chi connectivity index (χ4n) is 4.91. The summed E-state index contributed by atoms with van der Waals surface area (Å²) in [7, 11) is 1.23. The Balaban J connectivity index is 1.58. The summed E-state index contributed by atoms with van der Waals surface area (Å²) in [6.07, 6.45) is -5.43. The molecule has 0 radical (unpaired) electrons. The van der Waals surface area contributed by atoms with Gasteiger partial charge in [-0.3, -0.25) is 9.59 Å². The lowest BCUT2D eigenvalue weighted by atomic mass is 9.81. The molecular formula is C30H25F5N4O6. The van der Waals surface area contributed by atoms with Gasteiger partial charge >= 0.3 is 6.18 Å². The Hall–Kier alpha value is -4.89. The number of aliphatic hydroxyl groups is 2. The fourth-order valence-corrected chi connectivity index (χ4v) is 4.91. The first-order valence-corrected chi connectivity index (χ1v) is 13.2. The van der Waals surface area contributed by atoms with Gasteiger partial charge in [-0.2, -0.15) is 13.2 Å². The number of nitrogens with zero attached hydrogens (tertiary/aromatic N) is 2. The van der Waals surface area contributed by atoms with Crippen molar-refractivity contribution in [1.29, 1.82) is 0 Å². The SMILES string of the molecule is COc1cc(C(=O)NCC(O)(c2cc3c(c(-c4ccc(F)cc4)n2)OC[C@]3(C)C(N)=O)C(F)(F)F)cc2cc(F)c(CO)nc12. The molecule has 236 valence electrons. The lowest BCUT2D eigenvalue weighted by Crippen LogP contribution is -2.51. The van der Waals surface area contributed by atoms with Crippen molar-refractivity contribution in [2.75, 3.05) is 20.3 Å². The maximum absolute atomic E-state index is 14.7. The van der Waals surface area contributed by atoms with Crippen LogP contribution in [0.5, 0.6) is 11.5 Å². The number of alkyl halides is 3. The van der Waals surface area contributed by atoms with Crippen molar-refractivity contribution >= 4 is 22.7 Å². The first kappa shape index (κ1) is 31.5. The van der Waals surface area contributed by atoms with Crippen LogP contribution in [0, 0.1) is 11.6 Å². The molecule has 2 aromatic heterocycles. The number of nitrogens with one attached hydrogen (secondary N) is 1. The molecule has 0 bridgehead atoms. The Bertz CT molecular complexity index is 1840. The molecule has 2 amide bonds. The molecule has 5 N–H and O–H groups in total. The molecule has 2 atom stereocenters. The molecule has 1 aliphatic rings. The van der Waals surface area contributed by atoms with Crippen molar-refractivity contribution in [3.8, 4) is 22.8 Å². The number of amides is 2. The third kappa shape index (κ3) is 5.37. The van der Waals surface area contributed by atoms with Crippen LogP contribution in [-0.4, -0.2) is 58.4 Å². The Labute approximate surface area is 251 Å². The van der Waals surface area contributed by atoms with Gasteiger partial charge in [0.1, 0.15) is 52.1 Å². The van der Waals surface area contributed by atoms with E-state index >= 15 is 0 Å². The minimum atomic E-state index is -5.43. The molecule has 1 unspecified atom stereocenters. The molecule has 10 nitrogen and oxygen atoms in total. The van der Waals surface area contributed by atoms with Gasteiger partial charge in [0.25, 0.3) is 5.91 Å². The van der Waals surface area contributed by atoms with Crippen LogP contribution in [0.2, 0.25) is 0 Å². The predicted octanol–water partition coefficient (Wildman–Crippen LogP) is 3.39. The van der Waals surface area contributed by atoms with Crippen LogP contribution >= 0.6 is 0 Å². The maximum Gasteiger partial charge on any atom is 0.424 e. The second-order valence-electron chi connectivity index (χ2n) is 10.6. The Kier molecular flexibility index (Phi) is 7.87. The van der Waals surface area contributed by atoms with Crippen molar-refractivity contribution in [2.45, 2.75) is 30.7 Å². The molecule has 0 aliphatic carbocycles. The van der Waals surface area contributed by atoms with Crippen molar-refractivity contribution in [2.24, 2.45) is 5.73 Å². The lowest BCUT2D eigenvalue weighted by molar-refractivity contribution is -0.265. The summed E-state index contributed by atoms with van der Waals surface area (Å²) >= 11 is 0. The van der Waals surface area contributed by atoms with E-state index in [0.717, 1.165) is 36.4 Å². The van der Waals surface area contributed by atoms with Crippen LogP contribution in [0.4, 0.5) is 22.0 Å². The number of rotatable bonds is 8. The van der Waals surface area contributed by atoms with Crippen LogP contribution in [-0.2, 0) is 22.4 Å². The number of fused-ring (bicyclic) bond motifs is 2. The lowest BCUT2D eigenvalue weighted by Gasteiger charge is -2.31. The van der Waals surface area contributed by atoms with Gasteiger partial charge in [0, 0.05) is 22.1 Å². The number of primary amides is 1. The smallest absolute Gasteiger partial charge is 0.424 e.